The summed E-state index contributed by atoms with van der Waals surface area (Å²) >= 11 is 0. The highest BCUT2D eigenvalue weighted by molar-refractivity contribution is 14.0. The van der Waals surface area contributed by atoms with Crippen molar-refractivity contribution in [3.63, 3.8) is 0 Å². The number of aromatic nitrogens is 2. The molecule has 0 radical (unpaired) electrons. The maximum Gasteiger partial charge on any atom is 0.191 e. The third-order valence-corrected chi connectivity index (χ3v) is 6.13. The Kier molecular flexibility index (Phi) is 10.2. The molecule has 34 heavy (non-hydrogen) atoms. The van der Waals surface area contributed by atoms with Gasteiger partial charge in [-0.2, -0.15) is 5.10 Å². The van der Waals surface area contributed by atoms with Crippen LogP contribution in [0.3, 0.4) is 0 Å². The predicted molar refractivity (Wildman–Crippen MR) is 149 cm³/mol. The van der Waals surface area contributed by atoms with Crippen LogP contribution < -0.4 is 15.4 Å². The number of ether oxygens (including phenoxy) is 1. The van der Waals surface area contributed by atoms with Crippen LogP contribution in [0, 0.1) is 0 Å². The summed E-state index contributed by atoms with van der Waals surface area (Å²) in [7, 11) is 3.56. The molecule has 0 spiro atoms. The largest absolute Gasteiger partial charge is 0.496 e. The number of nitrogens with zero attached hydrogens (tertiary/aromatic N) is 4. The fourth-order valence-electron chi connectivity index (χ4n) is 4.38. The van der Waals surface area contributed by atoms with Crippen molar-refractivity contribution in [3.05, 3.63) is 78.1 Å². The van der Waals surface area contributed by atoms with Crippen LogP contribution in [-0.2, 0) is 6.42 Å². The lowest BCUT2D eigenvalue weighted by molar-refractivity contribution is 0.239. The third kappa shape index (κ3) is 6.73. The van der Waals surface area contributed by atoms with Crippen LogP contribution in [0.1, 0.15) is 30.0 Å². The lowest BCUT2D eigenvalue weighted by Crippen LogP contribution is -2.43. The molecule has 1 aliphatic heterocycles. The summed E-state index contributed by atoms with van der Waals surface area (Å²) in [4.78, 5) is 6.97. The van der Waals surface area contributed by atoms with Crippen molar-refractivity contribution in [3.8, 4) is 11.4 Å². The number of hydrogen-bond acceptors (Lipinski definition) is 4. The normalized spacial score (nSPS) is 14.9. The zero-order valence-electron chi connectivity index (χ0n) is 20.0. The molecule has 4 rings (SSSR count). The summed E-state index contributed by atoms with van der Waals surface area (Å²) in [5.41, 5.74) is 3.47. The number of halogens is 1. The van der Waals surface area contributed by atoms with Crippen LogP contribution in [0.5, 0.6) is 5.75 Å². The third-order valence-electron chi connectivity index (χ3n) is 6.13. The topological polar surface area (TPSA) is 66.7 Å². The van der Waals surface area contributed by atoms with Crippen LogP contribution in [0.2, 0.25) is 0 Å². The first-order valence-corrected chi connectivity index (χ1v) is 11.7. The van der Waals surface area contributed by atoms with Gasteiger partial charge in [0, 0.05) is 31.9 Å². The van der Waals surface area contributed by atoms with E-state index in [1.807, 2.05) is 48.3 Å². The van der Waals surface area contributed by atoms with Gasteiger partial charge in [-0.15, -0.1) is 24.0 Å². The lowest BCUT2D eigenvalue weighted by Gasteiger charge is -2.30. The van der Waals surface area contributed by atoms with E-state index in [1.54, 1.807) is 7.11 Å². The number of para-hydroxylation sites is 2. The van der Waals surface area contributed by atoms with Gasteiger partial charge < -0.3 is 15.4 Å². The minimum atomic E-state index is 0. The van der Waals surface area contributed by atoms with Gasteiger partial charge in [0.1, 0.15) is 5.75 Å². The molecule has 7 nitrogen and oxygen atoms in total. The Bertz CT molecular complexity index is 1030. The zero-order valence-corrected chi connectivity index (χ0v) is 22.3. The Hall–Kier alpha value is -2.59. The maximum absolute atomic E-state index is 5.66. The molecule has 3 aromatic rings. The molecule has 1 atom stereocenters. The fourth-order valence-corrected chi connectivity index (χ4v) is 4.38. The van der Waals surface area contributed by atoms with E-state index in [1.165, 1.54) is 24.0 Å². The van der Waals surface area contributed by atoms with Gasteiger partial charge in [-0.05, 0) is 56.1 Å². The molecule has 2 aromatic carbocycles. The number of nitrogens with one attached hydrogen (secondary N) is 2. The van der Waals surface area contributed by atoms with Gasteiger partial charge in [-0.1, -0.05) is 36.4 Å². The van der Waals surface area contributed by atoms with Crippen LogP contribution >= 0.6 is 24.0 Å². The van der Waals surface area contributed by atoms with Crippen LogP contribution in [0.4, 0.5) is 0 Å². The van der Waals surface area contributed by atoms with E-state index in [4.69, 9.17) is 4.74 Å². The molecule has 1 aliphatic rings. The van der Waals surface area contributed by atoms with E-state index in [0.717, 1.165) is 50.0 Å². The van der Waals surface area contributed by atoms with Crippen molar-refractivity contribution in [2.24, 2.45) is 4.99 Å². The minimum Gasteiger partial charge on any atom is -0.496 e. The maximum atomic E-state index is 5.66. The second-order valence-corrected chi connectivity index (χ2v) is 8.26. The van der Waals surface area contributed by atoms with Gasteiger partial charge in [0.15, 0.2) is 5.96 Å². The quantitative estimate of drug-likeness (QED) is 0.230. The van der Waals surface area contributed by atoms with Crippen molar-refractivity contribution in [2.45, 2.75) is 25.3 Å². The Labute approximate surface area is 219 Å². The Morgan fingerprint density at radius 3 is 2.53 bits per heavy atom. The van der Waals surface area contributed by atoms with E-state index in [-0.39, 0.29) is 30.0 Å². The molecule has 1 fully saturated rings. The van der Waals surface area contributed by atoms with Crippen molar-refractivity contribution in [1.82, 2.24) is 25.3 Å². The molecule has 0 saturated carbocycles. The first-order valence-electron chi connectivity index (χ1n) is 11.7. The molecule has 0 aliphatic carbocycles. The van der Waals surface area contributed by atoms with Gasteiger partial charge in [0.2, 0.25) is 0 Å². The molecule has 2 heterocycles. The predicted octanol–water partition coefficient (Wildman–Crippen LogP) is 4.04. The number of benzene rings is 2. The van der Waals surface area contributed by atoms with Crippen molar-refractivity contribution < 1.29 is 4.74 Å². The highest BCUT2D eigenvalue weighted by Gasteiger charge is 2.26. The second-order valence-electron chi connectivity index (χ2n) is 8.26. The smallest absolute Gasteiger partial charge is 0.191 e. The monoisotopic (exact) mass is 574 g/mol. The Morgan fingerprint density at radius 1 is 1.06 bits per heavy atom. The number of guanidine groups is 1. The zero-order chi connectivity index (χ0) is 22.9. The van der Waals surface area contributed by atoms with Crippen LogP contribution in [-0.4, -0.2) is 61.0 Å². The summed E-state index contributed by atoms with van der Waals surface area (Å²) in [6.45, 7) is 3.78. The van der Waals surface area contributed by atoms with Gasteiger partial charge in [-0.3, -0.25) is 9.89 Å². The highest BCUT2D eigenvalue weighted by atomic mass is 127. The number of likely N-dealkylation sites (tertiary alicyclic amines) is 1. The SMILES string of the molecule is CN=C(NCCc1cnn(-c2ccccc2)c1)NCC(c1ccccc1OC)N1CCCC1.I. The number of aliphatic imine (C=N–C) groups is 1. The summed E-state index contributed by atoms with van der Waals surface area (Å²) in [5.74, 6) is 1.75. The van der Waals surface area contributed by atoms with E-state index in [9.17, 15) is 0 Å². The Balaban J connectivity index is 0.00000324. The summed E-state index contributed by atoms with van der Waals surface area (Å²) in [6.07, 6.45) is 7.37. The number of rotatable bonds is 9. The molecule has 0 amide bonds. The molecule has 1 unspecified atom stereocenters. The highest BCUT2D eigenvalue weighted by Crippen LogP contribution is 2.31. The molecular formula is C26H35IN6O. The summed E-state index contributed by atoms with van der Waals surface area (Å²) in [5, 5.41) is 11.5. The first kappa shape index (κ1) is 26.0. The van der Waals surface area contributed by atoms with Gasteiger partial charge in [-0.25, -0.2) is 4.68 Å². The summed E-state index contributed by atoms with van der Waals surface area (Å²) in [6, 6.07) is 18.7. The molecule has 8 heteroatoms. The fraction of sp³-hybridized carbons (Fsp3) is 0.385. The van der Waals surface area contributed by atoms with E-state index < -0.39 is 0 Å². The van der Waals surface area contributed by atoms with Crippen molar-refractivity contribution in [2.75, 3.05) is 40.3 Å². The number of methoxy groups -OCH3 is 1. The van der Waals surface area contributed by atoms with Crippen LogP contribution in [0.25, 0.3) is 5.69 Å². The summed E-state index contributed by atoms with van der Waals surface area (Å²) < 4.78 is 7.57. The van der Waals surface area contributed by atoms with Crippen molar-refractivity contribution in [1.29, 1.82) is 0 Å². The standard InChI is InChI=1S/C26H34N6O.HI/c1-27-26(28-15-14-21-18-30-32(20-21)22-10-4-3-5-11-22)29-19-24(31-16-8-9-17-31)23-12-6-7-13-25(23)33-2;/h3-7,10-13,18,20,24H,8-9,14-17,19H2,1-2H3,(H2,27,28,29);1H. The number of hydrogen-bond donors (Lipinski definition) is 2. The van der Waals surface area contributed by atoms with E-state index in [0.29, 0.717) is 0 Å². The molecule has 182 valence electrons. The average Bonchev–Trinajstić information content (AvgIpc) is 3.57. The second kappa shape index (κ2) is 13.3. The van der Waals surface area contributed by atoms with Gasteiger partial charge >= 0.3 is 0 Å². The molecule has 2 N–H and O–H groups in total. The molecule has 1 saturated heterocycles. The van der Waals surface area contributed by atoms with Gasteiger partial charge in [0.25, 0.3) is 0 Å². The average molecular weight is 575 g/mol. The van der Waals surface area contributed by atoms with E-state index in [2.05, 4.69) is 56.1 Å². The molecule has 0 bridgehead atoms. The molecular weight excluding hydrogens is 539 g/mol. The van der Waals surface area contributed by atoms with Gasteiger partial charge in [0.05, 0.1) is 25.0 Å². The Morgan fingerprint density at radius 2 is 1.79 bits per heavy atom. The molecule has 1 aromatic heterocycles. The lowest BCUT2D eigenvalue weighted by atomic mass is 10.0. The van der Waals surface area contributed by atoms with E-state index >= 15 is 0 Å². The van der Waals surface area contributed by atoms with Crippen molar-refractivity contribution >= 4 is 29.9 Å². The first-order chi connectivity index (χ1) is 16.3. The van der Waals surface area contributed by atoms with Crippen LogP contribution in [0.15, 0.2) is 72.0 Å². The minimum absolute atomic E-state index is 0.